The summed E-state index contributed by atoms with van der Waals surface area (Å²) in [4.78, 5) is 2.53. The van der Waals surface area contributed by atoms with Crippen molar-refractivity contribution in [2.75, 3.05) is 19.6 Å². The maximum atomic E-state index is 3.61. The van der Waals surface area contributed by atoms with Crippen LogP contribution >= 0.6 is 0 Å². The van der Waals surface area contributed by atoms with Crippen molar-refractivity contribution in [3.63, 3.8) is 0 Å². The van der Waals surface area contributed by atoms with Gasteiger partial charge in [-0.3, -0.25) is 4.90 Å². The van der Waals surface area contributed by atoms with Crippen molar-refractivity contribution in [3.05, 3.63) is 0 Å². The smallest absolute Gasteiger partial charge is 0.0323 e. The highest BCUT2D eigenvalue weighted by Crippen LogP contribution is 2.20. The minimum atomic E-state index is 0.363. The molecule has 2 nitrogen and oxygen atoms in total. The summed E-state index contributed by atoms with van der Waals surface area (Å²) in [7, 11) is 0. The molecule has 2 heteroatoms. The molecule has 0 radical (unpaired) electrons. The molecule has 0 bridgehead atoms. The molecule has 0 atom stereocenters. The second-order valence-electron chi connectivity index (χ2n) is 5.43. The van der Waals surface area contributed by atoms with E-state index in [1.54, 1.807) is 0 Å². The highest BCUT2D eigenvalue weighted by molar-refractivity contribution is 4.92. The van der Waals surface area contributed by atoms with E-state index in [0.29, 0.717) is 5.54 Å². The van der Waals surface area contributed by atoms with Gasteiger partial charge in [0.15, 0.2) is 0 Å². The number of hydrogen-bond donors (Lipinski definition) is 1. The summed E-state index contributed by atoms with van der Waals surface area (Å²) in [5, 5.41) is 3.61. The Balaban J connectivity index is 1.99. The van der Waals surface area contributed by atoms with Gasteiger partial charge in [-0.25, -0.2) is 0 Å². The lowest BCUT2D eigenvalue weighted by Crippen LogP contribution is -2.63. The molecule has 1 rings (SSSR count). The molecule has 0 aliphatic carbocycles. The van der Waals surface area contributed by atoms with Crippen LogP contribution in [0.3, 0.4) is 0 Å². The molecule has 1 N–H and O–H groups in total. The Bertz CT molecular complexity index is 154. The second-order valence-corrected chi connectivity index (χ2v) is 5.43. The first kappa shape index (κ1) is 12.0. The van der Waals surface area contributed by atoms with Gasteiger partial charge in [-0.15, -0.1) is 0 Å². The van der Waals surface area contributed by atoms with Crippen molar-refractivity contribution in [2.45, 2.75) is 58.5 Å². The largest absolute Gasteiger partial charge is 0.311 e. The Morgan fingerprint density at radius 1 is 1.21 bits per heavy atom. The summed E-state index contributed by atoms with van der Waals surface area (Å²) in [5.74, 6) is 0. The third kappa shape index (κ3) is 3.58. The van der Waals surface area contributed by atoms with Crippen LogP contribution in [0.1, 0.15) is 47.0 Å². The fraction of sp³-hybridized carbons (Fsp3) is 1.00. The summed E-state index contributed by atoms with van der Waals surface area (Å²) in [6.07, 6.45) is 4.02. The van der Waals surface area contributed by atoms with Gasteiger partial charge in [0, 0.05) is 24.7 Å². The van der Waals surface area contributed by atoms with E-state index in [-0.39, 0.29) is 0 Å². The van der Waals surface area contributed by atoms with Crippen LogP contribution in [-0.4, -0.2) is 36.1 Å². The lowest BCUT2D eigenvalue weighted by atomic mass is 9.97. The van der Waals surface area contributed by atoms with Crippen LogP contribution in [-0.2, 0) is 0 Å². The molecule has 0 unspecified atom stereocenters. The molecule has 0 aromatic heterocycles. The van der Waals surface area contributed by atoms with Crippen molar-refractivity contribution in [1.82, 2.24) is 10.2 Å². The summed E-state index contributed by atoms with van der Waals surface area (Å²) in [6, 6.07) is 0.756. The van der Waals surface area contributed by atoms with Crippen molar-refractivity contribution >= 4 is 0 Å². The van der Waals surface area contributed by atoms with Crippen LogP contribution in [0.25, 0.3) is 0 Å². The van der Waals surface area contributed by atoms with Gasteiger partial charge < -0.3 is 5.32 Å². The number of nitrogens with one attached hydrogen (secondary N) is 1. The molecule has 1 aliphatic heterocycles. The quantitative estimate of drug-likeness (QED) is 0.682. The zero-order valence-electron chi connectivity index (χ0n) is 10.3. The van der Waals surface area contributed by atoms with Crippen molar-refractivity contribution in [2.24, 2.45) is 0 Å². The molecule has 14 heavy (non-hydrogen) atoms. The number of rotatable bonds is 5. The molecule has 0 amide bonds. The Labute approximate surface area is 89.1 Å². The van der Waals surface area contributed by atoms with Gasteiger partial charge in [-0.1, -0.05) is 19.8 Å². The third-order valence-corrected chi connectivity index (χ3v) is 3.04. The fourth-order valence-electron chi connectivity index (χ4n) is 1.84. The first-order chi connectivity index (χ1) is 6.54. The number of hydrogen-bond acceptors (Lipinski definition) is 2. The molecule has 1 saturated heterocycles. The molecule has 0 saturated carbocycles. The van der Waals surface area contributed by atoms with Crippen LogP contribution in [0.2, 0.25) is 0 Å². The minimum Gasteiger partial charge on any atom is -0.311 e. The average molecular weight is 198 g/mol. The predicted molar refractivity (Wildman–Crippen MR) is 62.6 cm³/mol. The van der Waals surface area contributed by atoms with Crippen LogP contribution in [0.15, 0.2) is 0 Å². The topological polar surface area (TPSA) is 15.3 Å². The monoisotopic (exact) mass is 198 g/mol. The van der Waals surface area contributed by atoms with Crippen LogP contribution in [0.5, 0.6) is 0 Å². The molecule has 1 aliphatic rings. The minimum absolute atomic E-state index is 0.363. The molecule has 1 fully saturated rings. The van der Waals surface area contributed by atoms with Gasteiger partial charge in [0.25, 0.3) is 0 Å². The van der Waals surface area contributed by atoms with E-state index < -0.39 is 0 Å². The van der Waals surface area contributed by atoms with Gasteiger partial charge in [-0.05, 0) is 33.7 Å². The molecule has 0 spiro atoms. The first-order valence-corrected chi connectivity index (χ1v) is 6.02. The SMILES string of the molecule is CCCCCNC1CN(C(C)(C)C)C1. The van der Waals surface area contributed by atoms with Gasteiger partial charge in [0.2, 0.25) is 0 Å². The van der Waals surface area contributed by atoms with E-state index in [2.05, 4.69) is 37.9 Å². The van der Waals surface area contributed by atoms with Crippen LogP contribution < -0.4 is 5.32 Å². The second kappa shape index (κ2) is 5.13. The summed E-state index contributed by atoms with van der Waals surface area (Å²) in [6.45, 7) is 12.8. The van der Waals surface area contributed by atoms with Crippen LogP contribution in [0, 0.1) is 0 Å². The average Bonchev–Trinajstić information content (AvgIpc) is 1.98. The van der Waals surface area contributed by atoms with Gasteiger partial charge in [0.1, 0.15) is 0 Å². The number of likely N-dealkylation sites (tertiary alicyclic amines) is 1. The van der Waals surface area contributed by atoms with E-state index in [9.17, 15) is 0 Å². The first-order valence-electron chi connectivity index (χ1n) is 6.02. The van der Waals surface area contributed by atoms with E-state index in [1.165, 1.54) is 38.9 Å². The van der Waals surface area contributed by atoms with E-state index >= 15 is 0 Å². The van der Waals surface area contributed by atoms with E-state index in [0.717, 1.165) is 6.04 Å². The van der Waals surface area contributed by atoms with Gasteiger partial charge >= 0.3 is 0 Å². The fourth-order valence-corrected chi connectivity index (χ4v) is 1.84. The zero-order valence-corrected chi connectivity index (χ0v) is 10.3. The number of nitrogens with zero attached hydrogens (tertiary/aromatic N) is 1. The lowest BCUT2D eigenvalue weighted by Gasteiger charge is -2.48. The standard InChI is InChI=1S/C12H26N2/c1-5-6-7-8-13-11-9-14(10-11)12(2,3)4/h11,13H,5-10H2,1-4H3. The summed E-state index contributed by atoms with van der Waals surface area (Å²) >= 11 is 0. The molecule has 0 aromatic carbocycles. The molecular weight excluding hydrogens is 172 g/mol. The van der Waals surface area contributed by atoms with Gasteiger partial charge in [-0.2, -0.15) is 0 Å². The summed E-state index contributed by atoms with van der Waals surface area (Å²) < 4.78 is 0. The van der Waals surface area contributed by atoms with Crippen LogP contribution in [0.4, 0.5) is 0 Å². The Hall–Kier alpha value is -0.0800. The highest BCUT2D eigenvalue weighted by Gasteiger charge is 2.33. The zero-order chi connectivity index (χ0) is 10.6. The lowest BCUT2D eigenvalue weighted by molar-refractivity contribution is 0.0351. The molecular formula is C12H26N2. The molecule has 1 heterocycles. The highest BCUT2D eigenvalue weighted by atomic mass is 15.3. The summed E-state index contributed by atoms with van der Waals surface area (Å²) in [5.41, 5.74) is 0.363. The predicted octanol–water partition coefficient (Wildman–Crippen LogP) is 2.25. The van der Waals surface area contributed by atoms with Crippen molar-refractivity contribution < 1.29 is 0 Å². The van der Waals surface area contributed by atoms with Gasteiger partial charge in [0.05, 0.1) is 0 Å². The number of unbranched alkanes of at least 4 members (excludes halogenated alkanes) is 2. The Morgan fingerprint density at radius 3 is 2.36 bits per heavy atom. The third-order valence-electron chi connectivity index (χ3n) is 3.04. The molecule has 84 valence electrons. The van der Waals surface area contributed by atoms with Crippen molar-refractivity contribution in [1.29, 1.82) is 0 Å². The molecule has 0 aromatic rings. The normalized spacial score (nSPS) is 19.7. The van der Waals surface area contributed by atoms with E-state index in [4.69, 9.17) is 0 Å². The van der Waals surface area contributed by atoms with Crippen molar-refractivity contribution in [3.8, 4) is 0 Å². The Morgan fingerprint density at radius 2 is 1.86 bits per heavy atom. The van der Waals surface area contributed by atoms with E-state index in [1.807, 2.05) is 0 Å². The Kier molecular flexibility index (Phi) is 4.39. The maximum Gasteiger partial charge on any atom is 0.0323 e. The maximum absolute atomic E-state index is 3.61.